The second-order valence-corrected chi connectivity index (χ2v) is 6.53. The lowest BCUT2D eigenvalue weighted by Gasteiger charge is -2.16. The zero-order valence-corrected chi connectivity index (χ0v) is 14.3. The number of nitrogens with zero attached hydrogens (tertiary/aromatic N) is 1. The lowest BCUT2D eigenvalue weighted by molar-refractivity contribution is -0.128. The van der Waals surface area contributed by atoms with Crippen LogP contribution in [0.1, 0.15) is 12.0 Å². The summed E-state index contributed by atoms with van der Waals surface area (Å²) in [5.74, 6) is -1.45. The van der Waals surface area contributed by atoms with Crippen molar-refractivity contribution in [2.24, 2.45) is 5.92 Å². The number of nitrogens with one attached hydrogen (secondary N) is 1. The number of rotatable bonds is 5. The number of likely N-dealkylation sites (tertiary alicyclic amines) is 1. The molecule has 1 fully saturated rings. The third kappa shape index (κ3) is 4.37. The van der Waals surface area contributed by atoms with Gasteiger partial charge in [-0.15, -0.1) is 0 Å². The Morgan fingerprint density at radius 1 is 1.24 bits per heavy atom. The van der Waals surface area contributed by atoms with E-state index in [-0.39, 0.29) is 23.9 Å². The van der Waals surface area contributed by atoms with Gasteiger partial charge in [-0.1, -0.05) is 41.9 Å². The molecule has 6 heteroatoms. The fraction of sp³-hybridized carbons (Fsp3) is 0.263. The smallest absolute Gasteiger partial charge is 0.229 e. The molecule has 0 aromatic heterocycles. The maximum atomic E-state index is 13.7. The van der Waals surface area contributed by atoms with Crippen LogP contribution in [0, 0.1) is 11.7 Å². The molecule has 0 unspecified atom stereocenters. The first-order chi connectivity index (χ1) is 12.0. The molecule has 1 heterocycles. The van der Waals surface area contributed by atoms with Crippen molar-refractivity contribution in [3.8, 4) is 0 Å². The average molecular weight is 361 g/mol. The van der Waals surface area contributed by atoms with Gasteiger partial charge in [0, 0.05) is 24.5 Å². The van der Waals surface area contributed by atoms with Crippen LogP contribution in [0.4, 0.5) is 10.1 Å². The molecule has 4 nitrogen and oxygen atoms in total. The third-order valence-corrected chi connectivity index (χ3v) is 4.52. The van der Waals surface area contributed by atoms with E-state index in [9.17, 15) is 14.0 Å². The molecule has 0 saturated carbocycles. The van der Waals surface area contributed by atoms with Crippen molar-refractivity contribution >= 4 is 29.1 Å². The number of halogens is 2. The van der Waals surface area contributed by atoms with E-state index in [0.29, 0.717) is 18.1 Å². The molecule has 2 aromatic carbocycles. The first-order valence-electron chi connectivity index (χ1n) is 8.10. The van der Waals surface area contributed by atoms with Gasteiger partial charge in [-0.25, -0.2) is 4.39 Å². The quantitative estimate of drug-likeness (QED) is 0.887. The molecule has 0 radical (unpaired) electrons. The van der Waals surface area contributed by atoms with E-state index in [1.807, 2.05) is 30.3 Å². The lowest BCUT2D eigenvalue weighted by Crippen LogP contribution is -2.30. The van der Waals surface area contributed by atoms with Crippen molar-refractivity contribution in [3.63, 3.8) is 0 Å². The summed E-state index contributed by atoms with van der Waals surface area (Å²) in [6, 6.07) is 13.8. The average Bonchev–Trinajstić information content (AvgIpc) is 2.98. The van der Waals surface area contributed by atoms with Crippen LogP contribution in [0.5, 0.6) is 0 Å². The fourth-order valence-corrected chi connectivity index (χ4v) is 3.07. The molecule has 1 aliphatic heterocycles. The fourth-order valence-electron chi connectivity index (χ4n) is 2.90. The van der Waals surface area contributed by atoms with Crippen molar-refractivity contribution in [1.82, 2.24) is 4.90 Å². The van der Waals surface area contributed by atoms with Gasteiger partial charge in [-0.3, -0.25) is 9.59 Å². The Bertz CT molecular complexity index is 782. The Kier molecular flexibility index (Phi) is 5.34. The van der Waals surface area contributed by atoms with Crippen LogP contribution in [0.2, 0.25) is 5.02 Å². The predicted molar refractivity (Wildman–Crippen MR) is 94.9 cm³/mol. The summed E-state index contributed by atoms with van der Waals surface area (Å²) in [6.07, 6.45) is 0.882. The Morgan fingerprint density at radius 2 is 2.00 bits per heavy atom. The summed E-state index contributed by atoms with van der Waals surface area (Å²) < 4.78 is 13.7. The van der Waals surface area contributed by atoms with Crippen LogP contribution in [0.15, 0.2) is 48.5 Å². The normalized spacial score (nSPS) is 17.0. The summed E-state index contributed by atoms with van der Waals surface area (Å²) in [4.78, 5) is 26.2. The second kappa shape index (κ2) is 7.66. The molecule has 1 aliphatic rings. The Balaban J connectivity index is 1.58. The lowest BCUT2D eigenvalue weighted by atomic mass is 10.1. The molecule has 3 rings (SSSR count). The molecular formula is C19H18ClFN2O2. The minimum Gasteiger partial charge on any atom is -0.342 e. The highest BCUT2D eigenvalue weighted by Gasteiger charge is 2.34. The van der Waals surface area contributed by atoms with Crippen LogP contribution in [-0.2, 0) is 16.0 Å². The van der Waals surface area contributed by atoms with Crippen molar-refractivity contribution in [2.45, 2.75) is 12.8 Å². The molecule has 25 heavy (non-hydrogen) atoms. The van der Waals surface area contributed by atoms with Gasteiger partial charge in [0.05, 0.1) is 11.6 Å². The molecule has 2 amide bonds. The predicted octanol–water partition coefficient (Wildman–Crippen LogP) is 3.51. The molecule has 1 saturated heterocycles. The minimum atomic E-state index is -0.553. The standard InChI is InChI=1S/C19H18ClFN2O2/c20-15-6-7-16(21)17(11-15)22-19(25)14-10-18(24)23(12-14)9-8-13-4-2-1-3-5-13/h1-7,11,14H,8-10,12H2,(H,22,25)/t14-/m1/s1. The molecule has 0 bridgehead atoms. The molecular weight excluding hydrogens is 343 g/mol. The first kappa shape index (κ1) is 17.4. The van der Waals surface area contributed by atoms with Gasteiger partial charge in [0.1, 0.15) is 5.82 Å². The molecule has 130 valence electrons. The molecule has 1 N–H and O–H groups in total. The molecule has 0 aliphatic carbocycles. The summed E-state index contributed by atoms with van der Waals surface area (Å²) in [7, 11) is 0. The van der Waals surface area contributed by atoms with Gasteiger partial charge >= 0.3 is 0 Å². The zero-order valence-electron chi connectivity index (χ0n) is 13.5. The van der Waals surface area contributed by atoms with Gasteiger partial charge in [0.25, 0.3) is 0 Å². The van der Waals surface area contributed by atoms with Crippen LogP contribution >= 0.6 is 11.6 Å². The third-order valence-electron chi connectivity index (χ3n) is 4.28. The maximum absolute atomic E-state index is 13.7. The highest BCUT2D eigenvalue weighted by Crippen LogP contribution is 2.23. The monoisotopic (exact) mass is 360 g/mol. The van der Waals surface area contributed by atoms with Gasteiger partial charge in [0.15, 0.2) is 0 Å². The van der Waals surface area contributed by atoms with Crippen molar-refractivity contribution < 1.29 is 14.0 Å². The number of anilines is 1. The highest BCUT2D eigenvalue weighted by atomic mass is 35.5. The van der Waals surface area contributed by atoms with E-state index in [1.54, 1.807) is 4.90 Å². The van der Waals surface area contributed by atoms with E-state index in [0.717, 1.165) is 12.0 Å². The number of carbonyl (C=O) groups is 2. The summed E-state index contributed by atoms with van der Waals surface area (Å²) in [6.45, 7) is 0.915. The van der Waals surface area contributed by atoms with E-state index < -0.39 is 11.7 Å². The van der Waals surface area contributed by atoms with Gasteiger partial charge in [0.2, 0.25) is 11.8 Å². The summed E-state index contributed by atoms with van der Waals surface area (Å²) >= 11 is 5.83. The van der Waals surface area contributed by atoms with Gasteiger partial charge in [-0.2, -0.15) is 0 Å². The highest BCUT2D eigenvalue weighted by molar-refractivity contribution is 6.30. The van der Waals surface area contributed by atoms with E-state index in [4.69, 9.17) is 11.6 Å². The summed E-state index contributed by atoms with van der Waals surface area (Å²) in [5, 5.41) is 2.87. The van der Waals surface area contributed by atoms with Crippen molar-refractivity contribution in [3.05, 3.63) is 64.9 Å². The topological polar surface area (TPSA) is 49.4 Å². The Hall–Kier alpha value is -2.40. The summed E-state index contributed by atoms with van der Waals surface area (Å²) in [5.41, 5.74) is 1.18. The molecule has 0 spiro atoms. The molecule has 1 atom stereocenters. The number of hydrogen-bond acceptors (Lipinski definition) is 2. The number of hydrogen-bond donors (Lipinski definition) is 1. The SMILES string of the molecule is O=C(Nc1cc(Cl)ccc1F)[C@@H]1CC(=O)N(CCc2ccccc2)C1. The van der Waals surface area contributed by atoms with E-state index in [2.05, 4.69) is 5.32 Å². The zero-order chi connectivity index (χ0) is 17.8. The second-order valence-electron chi connectivity index (χ2n) is 6.09. The van der Waals surface area contributed by atoms with Crippen LogP contribution in [-0.4, -0.2) is 29.8 Å². The maximum Gasteiger partial charge on any atom is 0.229 e. The van der Waals surface area contributed by atoms with Gasteiger partial charge < -0.3 is 10.2 Å². The van der Waals surface area contributed by atoms with Crippen LogP contribution in [0.25, 0.3) is 0 Å². The molecule has 2 aromatic rings. The Labute approximate surface area is 150 Å². The van der Waals surface area contributed by atoms with Crippen LogP contribution in [0.3, 0.4) is 0 Å². The van der Waals surface area contributed by atoms with Gasteiger partial charge in [-0.05, 0) is 30.2 Å². The number of carbonyl (C=O) groups excluding carboxylic acids is 2. The van der Waals surface area contributed by atoms with E-state index in [1.165, 1.54) is 18.2 Å². The first-order valence-corrected chi connectivity index (χ1v) is 8.48. The minimum absolute atomic E-state index is 0.0349. The number of benzene rings is 2. The van der Waals surface area contributed by atoms with Crippen LogP contribution < -0.4 is 5.32 Å². The largest absolute Gasteiger partial charge is 0.342 e. The number of amides is 2. The van der Waals surface area contributed by atoms with Crippen molar-refractivity contribution in [1.29, 1.82) is 0 Å². The van der Waals surface area contributed by atoms with E-state index >= 15 is 0 Å². The van der Waals surface area contributed by atoms with Crippen molar-refractivity contribution in [2.75, 3.05) is 18.4 Å². The Morgan fingerprint density at radius 3 is 2.76 bits per heavy atom.